The van der Waals surface area contributed by atoms with Crippen molar-refractivity contribution in [2.45, 2.75) is 19.8 Å². The lowest BCUT2D eigenvalue weighted by Crippen LogP contribution is -2.35. The maximum atomic E-state index is 8.09. The summed E-state index contributed by atoms with van der Waals surface area (Å²) in [6.45, 7) is 6.16. The zero-order chi connectivity index (χ0) is 8.81. The van der Waals surface area contributed by atoms with Gasteiger partial charge in [-0.1, -0.05) is 12.0 Å². The molecule has 0 saturated carbocycles. The van der Waals surface area contributed by atoms with Crippen molar-refractivity contribution in [2.75, 3.05) is 26.2 Å². The van der Waals surface area contributed by atoms with Gasteiger partial charge in [0.2, 0.25) is 0 Å². The number of hydrogen-bond acceptors (Lipinski definition) is 2. The van der Waals surface area contributed by atoms with Crippen molar-refractivity contribution in [3.63, 3.8) is 0 Å². The molecule has 0 spiro atoms. The first-order valence-corrected chi connectivity index (χ1v) is 4.56. The van der Waals surface area contributed by atoms with Gasteiger partial charge in [0.05, 0.1) is 0 Å². The van der Waals surface area contributed by atoms with Gasteiger partial charge >= 0.3 is 0 Å². The average Bonchev–Trinajstić information content (AvgIpc) is 2.05. The molecule has 0 amide bonds. The molecule has 1 fully saturated rings. The van der Waals surface area contributed by atoms with Gasteiger partial charge < -0.3 is 4.90 Å². The molecule has 0 aromatic heterocycles. The molecule has 0 aromatic carbocycles. The quantitative estimate of drug-likeness (QED) is 0.361. The molecule has 4 heteroatoms. The number of hydrogen-bond donors (Lipinski definition) is 0. The summed E-state index contributed by atoms with van der Waals surface area (Å²) in [4.78, 5) is 5.12. The van der Waals surface area contributed by atoms with Crippen LogP contribution in [0.3, 0.4) is 0 Å². The van der Waals surface area contributed by atoms with E-state index in [1.165, 1.54) is 25.9 Å². The van der Waals surface area contributed by atoms with Crippen LogP contribution in [0, 0.1) is 5.92 Å². The first kappa shape index (κ1) is 9.36. The maximum Gasteiger partial charge on any atom is 0.0385 e. The van der Waals surface area contributed by atoms with Gasteiger partial charge in [0.15, 0.2) is 0 Å². The standard InChI is InChI=1S/C8H16N4/c1-8-3-2-5-12(7-8)6-4-10-11-9/h8H,2-7H2,1H3. The minimum absolute atomic E-state index is 0.614. The highest BCUT2D eigenvalue weighted by molar-refractivity contribution is 4.70. The number of piperidine rings is 1. The van der Waals surface area contributed by atoms with Crippen molar-refractivity contribution in [1.29, 1.82) is 0 Å². The molecule has 1 heterocycles. The summed E-state index contributed by atoms with van der Waals surface area (Å²) < 4.78 is 0. The molecule has 1 aliphatic rings. The Morgan fingerprint density at radius 3 is 3.17 bits per heavy atom. The van der Waals surface area contributed by atoms with Crippen molar-refractivity contribution in [3.05, 3.63) is 10.4 Å². The van der Waals surface area contributed by atoms with Crippen LogP contribution in [0.25, 0.3) is 10.4 Å². The van der Waals surface area contributed by atoms with Crippen LogP contribution in [0.2, 0.25) is 0 Å². The second kappa shape index (κ2) is 5.01. The summed E-state index contributed by atoms with van der Waals surface area (Å²) in [6.07, 6.45) is 2.63. The molecule has 0 aromatic rings. The van der Waals surface area contributed by atoms with Crippen molar-refractivity contribution in [3.8, 4) is 0 Å². The summed E-state index contributed by atoms with van der Waals surface area (Å²) in [6, 6.07) is 0. The summed E-state index contributed by atoms with van der Waals surface area (Å²) in [5.41, 5.74) is 8.09. The van der Waals surface area contributed by atoms with Crippen LogP contribution >= 0.6 is 0 Å². The van der Waals surface area contributed by atoms with E-state index in [0.717, 1.165) is 12.5 Å². The van der Waals surface area contributed by atoms with Gasteiger partial charge in [-0.05, 0) is 30.8 Å². The third-order valence-electron chi connectivity index (χ3n) is 2.32. The molecule has 1 rings (SSSR count). The molecular weight excluding hydrogens is 152 g/mol. The third-order valence-corrected chi connectivity index (χ3v) is 2.32. The van der Waals surface area contributed by atoms with Crippen molar-refractivity contribution in [2.24, 2.45) is 11.0 Å². The average molecular weight is 168 g/mol. The molecule has 1 saturated heterocycles. The second-order valence-electron chi connectivity index (χ2n) is 3.50. The van der Waals surface area contributed by atoms with E-state index < -0.39 is 0 Å². The minimum Gasteiger partial charge on any atom is -0.303 e. The number of likely N-dealkylation sites (tertiary alicyclic amines) is 1. The molecule has 0 radical (unpaired) electrons. The largest absolute Gasteiger partial charge is 0.303 e. The van der Waals surface area contributed by atoms with Crippen LogP contribution in [-0.2, 0) is 0 Å². The van der Waals surface area contributed by atoms with E-state index in [4.69, 9.17) is 5.53 Å². The lowest BCUT2D eigenvalue weighted by Gasteiger charge is -2.30. The first-order valence-electron chi connectivity index (χ1n) is 4.56. The lowest BCUT2D eigenvalue weighted by atomic mass is 10.0. The van der Waals surface area contributed by atoms with Gasteiger partial charge in [0.25, 0.3) is 0 Å². The Morgan fingerprint density at radius 1 is 1.67 bits per heavy atom. The maximum absolute atomic E-state index is 8.09. The third kappa shape index (κ3) is 3.11. The molecule has 1 unspecified atom stereocenters. The summed E-state index contributed by atoms with van der Waals surface area (Å²) >= 11 is 0. The Kier molecular flexibility index (Phi) is 3.91. The van der Waals surface area contributed by atoms with Crippen LogP contribution in [0.15, 0.2) is 5.11 Å². The molecular formula is C8H16N4. The zero-order valence-electron chi connectivity index (χ0n) is 7.61. The number of rotatable bonds is 3. The summed E-state index contributed by atoms with van der Waals surface area (Å²) in [5.74, 6) is 0.810. The Bertz CT molecular complexity index is 174. The highest BCUT2D eigenvalue weighted by atomic mass is 15.2. The molecule has 1 atom stereocenters. The number of azide groups is 1. The molecule has 12 heavy (non-hydrogen) atoms. The van der Waals surface area contributed by atoms with Gasteiger partial charge in [0.1, 0.15) is 0 Å². The van der Waals surface area contributed by atoms with Gasteiger partial charge in [-0.3, -0.25) is 0 Å². The van der Waals surface area contributed by atoms with E-state index in [0.29, 0.717) is 6.54 Å². The molecule has 0 N–H and O–H groups in total. The Balaban J connectivity index is 2.18. The topological polar surface area (TPSA) is 52.0 Å². The fraction of sp³-hybridized carbons (Fsp3) is 1.00. The van der Waals surface area contributed by atoms with Crippen LogP contribution in [0.1, 0.15) is 19.8 Å². The Labute approximate surface area is 73.2 Å². The van der Waals surface area contributed by atoms with Gasteiger partial charge in [-0.15, -0.1) is 0 Å². The Morgan fingerprint density at radius 2 is 2.50 bits per heavy atom. The molecule has 4 nitrogen and oxygen atoms in total. The fourth-order valence-corrected chi connectivity index (χ4v) is 1.72. The fourth-order valence-electron chi connectivity index (χ4n) is 1.72. The van der Waals surface area contributed by atoms with E-state index in [-0.39, 0.29) is 0 Å². The van der Waals surface area contributed by atoms with E-state index in [1.807, 2.05) is 0 Å². The van der Waals surface area contributed by atoms with E-state index in [1.54, 1.807) is 0 Å². The predicted molar refractivity (Wildman–Crippen MR) is 48.9 cm³/mol. The highest BCUT2D eigenvalue weighted by Crippen LogP contribution is 2.14. The van der Waals surface area contributed by atoms with Gasteiger partial charge in [-0.25, -0.2) is 0 Å². The van der Waals surface area contributed by atoms with Crippen LogP contribution in [-0.4, -0.2) is 31.1 Å². The molecule has 1 aliphatic heterocycles. The minimum atomic E-state index is 0.614. The van der Waals surface area contributed by atoms with Crippen LogP contribution < -0.4 is 0 Å². The number of nitrogens with zero attached hydrogens (tertiary/aromatic N) is 4. The van der Waals surface area contributed by atoms with E-state index in [9.17, 15) is 0 Å². The highest BCUT2D eigenvalue weighted by Gasteiger charge is 2.14. The predicted octanol–water partition coefficient (Wildman–Crippen LogP) is 2.03. The Hall–Kier alpha value is -0.730. The smallest absolute Gasteiger partial charge is 0.0385 e. The van der Waals surface area contributed by atoms with Gasteiger partial charge in [-0.2, -0.15) is 0 Å². The summed E-state index contributed by atoms with van der Waals surface area (Å²) in [5, 5.41) is 3.53. The zero-order valence-corrected chi connectivity index (χ0v) is 7.61. The van der Waals surface area contributed by atoms with Crippen LogP contribution in [0.5, 0.6) is 0 Å². The monoisotopic (exact) mass is 168 g/mol. The molecule has 68 valence electrons. The van der Waals surface area contributed by atoms with Crippen molar-refractivity contribution in [1.82, 2.24) is 4.90 Å². The molecule has 0 bridgehead atoms. The van der Waals surface area contributed by atoms with E-state index in [2.05, 4.69) is 21.8 Å². The van der Waals surface area contributed by atoms with Crippen molar-refractivity contribution >= 4 is 0 Å². The van der Waals surface area contributed by atoms with E-state index >= 15 is 0 Å². The second-order valence-corrected chi connectivity index (χ2v) is 3.50. The van der Waals surface area contributed by atoms with Gasteiger partial charge in [0, 0.05) is 24.5 Å². The SMILES string of the molecule is CC1CCCN(CCN=[N+]=[N-])C1. The normalized spacial score (nSPS) is 24.9. The van der Waals surface area contributed by atoms with Crippen LogP contribution in [0.4, 0.5) is 0 Å². The van der Waals surface area contributed by atoms with Crippen molar-refractivity contribution < 1.29 is 0 Å². The summed E-state index contributed by atoms with van der Waals surface area (Å²) in [7, 11) is 0. The first-order chi connectivity index (χ1) is 5.83. The lowest BCUT2D eigenvalue weighted by molar-refractivity contribution is 0.189. The molecule has 0 aliphatic carbocycles.